The number of rotatable bonds is 5. The highest BCUT2D eigenvalue weighted by atomic mass is 32.1. The third-order valence-electron chi connectivity index (χ3n) is 11.3. The van der Waals surface area contributed by atoms with E-state index in [1.54, 1.807) is 0 Å². The van der Waals surface area contributed by atoms with Gasteiger partial charge in [0, 0.05) is 57.0 Å². The van der Waals surface area contributed by atoms with Gasteiger partial charge in [0.15, 0.2) is 17.5 Å². The highest BCUT2D eigenvalue weighted by Crippen LogP contribution is 2.42. The summed E-state index contributed by atoms with van der Waals surface area (Å²) in [6.45, 7) is 0. The molecule has 5 heteroatoms. The fourth-order valence-corrected chi connectivity index (χ4v) is 10.9. The standard InChI is InChI=1S/C53H31N3S2/c1-2-16-39-32(11-1)25-26-35-31-38(27-28-40(35)39)53-55-51(36-14-7-12-33(29-36)41-19-9-23-47-49(41)43-17-3-5-21-45(43)57-47)54-52(56-53)37-15-8-13-34(30-37)42-20-10-24-48-50(42)44-18-4-6-22-46(44)58-48/h1-31H. The number of nitrogens with zero attached hydrogens (tertiary/aromatic N) is 3. The first-order valence-corrected chi connectivity index (χ1v) is 21.1. The lowest BCUT2D eigenvalue weighted by Gasteiger charge is -2.12. The van der Waals surface area contributed by atoms with Crippen LogP contribution in [0.1, 0.15) is 0 Å². The minimum atomic E-state index is 0.638. The minimum Gasteiger partial charge on any atom is -0.208 e. The maximum atomic E-state index is 5.26. The second-order valence-electron chi connectivity index (χ2n) is 14.7. The third kappa shape index (κ3) is 5.43. The number of thiophene rings is 2. The van der Waals surface area contributed by atoms with Gasteiger partial charge in [-0.25, -0.2) is 15.0 Å². The summed E-state index contributed by atoms with van der Waals surface area (Å²) in [5, 5.41) is 9.95. The summed E-state index contributed by atoms with van der Waals surface area (Å²) < 4.78 is 5.15. The van der Waals surface area contributed by atoms with E-state index in [1.807, 2.05) is 22.7 Å². The Morgan fingerprint density at radius 3 is 1.29 bits per heavy atom. The Bertz CT molecular complexity index is 3420. The molecular weight excluding hydrogens is 743 g/mol. The summed E-state index contributed by atoms with van der Waals surface area (Å²) in [6, 6.07) is 67.4. The summed E-state index contributed by atoms with van der Waals surface area (Å²) >= 11 is 3.68. The summed E-state index contributed by atoms with van der Waals surface area (Å²) in [6.07, 6.45) is 0. The van der Waals surface area contributed by atoms with Gasteiger partial charge >= 0.3 is 0 Å². The van der Waals surface area contributed by atoms with E-state index in [1.165, 1.54) is 67.6 Å². The number of hydrogen-bond acceptors (Lipinski definition) is 5. The molecule has 270 valence electrons. The summed E-state index contributed by atoms with van der Waals surface area (Å²) in [5.74, 6) is 1.92. The molecule has 58 heavy (non-hydrogen) atoms. The molecule has 0 aliphatic carbocycles. The Morgan fingerprint density at radius 1 is 0.276 bits per heavy atom. The maximum Gasteiger partial charge on any atom is 0.164 e. The van der Waals surface area contributed by atoms with Crippen LogP contribution in [0.4, 0.5) is 0 Å². The second kappa shape index (κ2) is 13.3. The van der Waals surface area contributed by atoms with Crippen LogP contribution in [0.25, 0.3) is 118 Å². The number of hydrogen-bond donors (Lipinski definition) is 0. The molecule has 0 N–H and O–H groups in total. The Hall–Kier alpha value is -7.05. The Morgan fingerprint density at radius 2 is 0.707 bits per heavy atom. The molecule has 0 saturated heterocycles. The SMILES string of the molecule is c1cc(-c2nc(-c3cccc(-c4cccc5sc6ccccc6c45)c3)nc(-c3ccc4c(ccc5ccccc54)c3)n2)cc(-c2cccc3sc4ccccc4c23)c1. The molecule has 0 fully saturated rings. The first-order chi connectivity index (χ1) is 28.7. The topological polar surface area (TPSA) is 38.7 Å². The van der Waals surface area contributed by atoms with Crippen molar-refractivity contribution in [3.63, 3.8) is 0 Å². The molecule has 3 heterocycles. The lowest BCUT2D eigenvalue weighted by atomic mass is 9.97. The van der Waals surface area contributed by atoms with Gasteiger partial charge in [0.2, 0.25) is 0 Å². The van der Waals surface area contributed by atoms with Gasteiger partial charge in [-0.2, -0.15) is 0 Å². The van der Waals surface area contributed by atoms with E-state index >= 15 is 0 Å². The van der Waals surface area contributed by atoms with Crippen LogP contribution in [-0.4, -0.2) is 15.0 Å². The monoisotopic (exact) mass is 773 g/mol. The number of fused-ring (bicyclic) bond motifs is 9. The van der Waals surface area contributed by atoms with Crippen LogP contribution in [0.3, 0.4) is 0 Å². The van der Waals surface area contributed by atoms with Crippen molar-refractivity contribution in [3.8, 4) is 56.4 Å². The van der Waals surface area contributed by atoms with Gasteiger partial charge in [-0.05, 0) is 86.3 Å². The number of aromatic nitrogens is 3. The second-order valence-corrected chi connectivity index (χ2v) is 16.9. The van der Waals surface area contributed by atoms with E-state index in [4.69, 9.17) is 15.0 Å². The van der Waals surface area contributed by atoms with E-state index in [-0.39, 0.29) is 0 Å². The average Bonchev–Trinajstić information content (AvgIpc) is 3.88. The van der Waals surface area contributed by atoms with Crippen LogP contribution in [-0.2, 0) is 0 Å². The molecule has 0 radical (unpaired) electrons. The summed E-state index contributed by atoms with van der Waals surface area (Å²) in [4.78, 5) is 15.7. The molecule has 0 saturated carbocycles. The Kier molecular flexibility index (Phi) is 7.58. The van der Waals surface area contributed by atoms with Crippen molar-refractivity contribution in [2.75, 3.05) is 0 Å². The smallest absolute Gasteiger partial charge is 0.164 e. The van der Waals surface area contributed by atoms with E-state index < -0.39 is 0 Å². The van der Waals surface area contributed by atoms with Gasteiger partial charge in [-0.1, -0.05) is 146 Å². The first-order valence-electron chi connectivity index (χ1n) is 19.4. The highest BCUT2D eigenvalue weighted by Gasteiger charge is 2.17. The van der Waals surface area contributed by atoms with Crippen LogP contribution in [0.2, 0.25) is 0 Å². The zero-order chi connectivity index (χ0) is 38.2. The van der Waals surface area contributed by atoms with E-state index in [2.05, 4.69) is 188 Å². The van der Waals surface area contributed by atoms with Crippen LogP contribution in [0.5, 0.6) is 0 Å². The van der Waals surface area contributed by atoms with Crippen molar-refractivity contribution >= 4 is 84.6 Å². The van der Waals surface area contributed by atoms with E-state index in [9.17, 15) is 0 Å². The fraction of sp³-hybridized carbons (Fsp3) is 0. The van der Waals surface area contributed by atoms with Crippen molar-refractivity contribution in [3.05, 3.63) is 188 Å². The number of benzene rings is 9. The predicted octanol–water partition coefficient (Wildman–Crippen LogP) is 15.2. The van der Waals surface area contributed by atoms with Crippen LogP contribution >= 0.6 is 22.7 Å². The predicted molar refractivity (Wildman–Crippen MR) is 248 cm³/mol. The molecule has 12 rings (SSSR count). The highest BCUT2D eigenvalue weighted by molar-refractivity contribution is 7.26. The minimum absolute atomic E-state index is 0.638. The van der Waals surface area contributed by atoms with Crippen LogP contribution in [0, 0.1) is 0 Å². The lowest BCUT2D eigenvalue weighted by molar-refractivity contribution is 1.07. The van der Waals surface area contributed by atoms with Crippen molar-refractivity contribution in [1.82, 2.24) is 15.0 Å². The fourth-order valence-electron chi connectivity index (χ4n) is 8.60. The van der Waals surface area contributed by atoms with Crippen LogP contribution in [0.15, 0.2) is 188 Å². The van der Waals surface area contributed by atoms with Crippen molar-refractivity contribution in [2.45, 2.75) is 0 Å². The van der Waals surface area contributed by atoms with E-state index in [0.717, 1.165) is 33.2 Å². The molecule has 9 aromatic carbocycles. The molecule has 3 aromatic heterocycles. The molecular formula is C53H31N3S2. The lowest BCUT2D eigenvalue weighted by Crippen LogP contribution is -2.00. The molecule has 0 spiro atoms. The third-order valence-corrected chi connectivity index (χ3v) is 13.6. The Labute approximate surface area is 342 Å². The average molecular weight is 774 g/mol. The first kappa shape index (κ1) is 33.1. The van der Waals surface area contributed by atoms with Crippen molar-refractivity contribution < 1.29 is 0 Å². The van der Waals surface area contributed by atoms with Gasteiger partial charge in [0.25, 0.3) is 0 Å². The molecule has 12 aromatic rings. The van der Waals surface area contributed by atoms with E-state index in [0.29, 0.717) is 17.5 Å². The molecule has 0 amide bonds. The maximum absolute atomic E-state index is 5.26. The normalized spacial score (nSPS) is 11.8. The van der Waals surface area contributed by atoms with Gasteiger partial charge in [-0.3, -0.25) is 0 Å². The van der Waals surface area contributed by atoms with Crippen molar-refractivity contribution in [1.29, 1.82) is 0 Å². The largest absolute Gasteiger partial charge is 0.208 e. The zero-order valence-corrected chi connectivity index (χ0v) is 32.7. The molecule has 0 bridgehead atoms. The zero-order valence-electron chi connectivity index (χ0n) is 31.1. The molecule has 3 nitrogen and oxygen atoms in total. The van der Waals surface area contributed by atoms with Gasteiger partial charge < -0.3 is 0 Å². The Balaban J connectivity index is 1.04. The van der Waals surface area contributed by atoms with Gasteiger partial charge in [-0.15, -0.1) is 22.7 Å². The quantitative estimate of drug-likeness (QED) is 0.164. The van der Waals surface area contributed by atoms with Gasteiger partial charge in [0.05, 0.1) is 0 Å². The van der Waals surface area contributed by atoms with Crippen LogP contribution < -0.4 is 0 Å². The van der Waals surface area contributed by atoms with Crippen molar-refractivity contribution in [2.24, 2.45) is 0 Å². The van der Waals surface area contributed by atoms with Gasteiger partial charge in [0.1, 0.15) is 0 Å². The summed E-state index contributed by atoms with van der Waals surface area (Å²) in [5.41, 5.74) is 7.50. The molecule has 0 aliphatic rings. The molecule has 0 unspecified atom stereocenters. The summed E-state index contributed by atoms with van der Waals surface area (Å²) in [7, 11) is 0. The molecule has 0 aliphatic heterocycles. The molecule has 0 atom stereocenters.